The lowest BCUT2D eigenvalue weighted by molar-refractivity contribution is -0.115. The smallest absolute Gasteiger partial charge is 0.238 e. The summed E-state index contributed by atoms with van der Waals surface area (Å²) < 4.78 is 0. The van der Waals surface area contributed by atoms with E-state index in [1.807, 2.05) is 30.0 Å². The first-order valence-corrected chi connectivity index (χ1v) is 7.77. The van der Waals surface area contributed by atoms with E-state index in [1.165, 1.54) is 17.1 Å². The van der Waals surface area contributed by atoms with Crippen LogP contribution in [0.2, 0.25) is 0 Å². The molecule has 1 amide bonds. The van der Waals surface area contributed by atoms with Gasteiger partial charge in [-0.3, -0.25) is 9.69 Å². The topological polar surface area (TPSA) is 44.4 Å². The van der Waals surface area contributed by atoms with Crippen LogP contribution in [0.3, 0.4) is 0 Å². The highest BCUT2D eigenvalue weighted by molar-refractivity contribution is 7.99. The van der Waals surface area contributed by atoms with Crippen molar-refractivity contribution in [2.75, 3.05) is 43.5 Å². The first-order chi connectivity index (χ1) is 9.29. The van der Waals surface area contributed by atoms with Gasteiger partial charge in [0.2, 0.25) is 5.91 Å². The number of amides is 1. The van der Waals surface area contributed by atoms with Crippen LogP contribution in [0.25, 0.3) is 0 Å². The van der Waals surface area contributed by atoms with E-state index in [2.05, 4.69) is 21.6 Å². The molecule has 1 aliphatic rings. The predicted molar refractivity (Wildman–Crippen MR) is 96.1 cm³/mol. The molecular formula is C14H23Cl2N3OS. The van der Waals surface area contributed by atoms with Gasteiger partial charge >= 0.3 is 0 Å². The van der Waals surface area contributed by atoms with Crippen LogP contribution in [0, 0.1) is 0 Å². The number of halogens is 2. The van der Waals surface area contributed by atoms with Crippen LogP contribution in [-0.2, 0) is 11.3 Å². The summed E-state index contributed by atoms with van der Waals surface area (Å²) in [6.07, 6.45) is 0. The molecule has 1 aromatic rings. The van der Waals surface area contributed by atoms with Gasteiger partial charge in [-0.25, -0.2) is 0 Å². The van der Waals surface area contributed by atoms with Crippen molar-refractivity contribution in [3.63, 3.8) is 0 Å². The molecule has 4 nitrogen and oxygen atoms in total. The number of benzene rings is 1. The molecule has 0 aliphatic carbocycles. The maximum absolute atomic E-state index is 11.7. The number of carbonyl (C=O) groups is 1. The van der Waals surface area contributed by atoms with Gasteiger partial charge in [0.15, 0.2) is 0 Å². The van der Waals surface area contributed by atoms with Gasteiger partial charge in [-0.15, -0.1) is 24.8 Å². The summed E-state index contributed by atoms with van der Waals surface area (Å²) in [5.74, 6) is 2.41. The number of hydrogen-bond acceptors (Lipinski definition) is 4. The lowest BCUT2D eigenvalue weighted by Gasteiger charge is -2.27. The van der Waals surface area contributed by atoms with Crippen LogP contribution in [0.15, 0.2) is 24.3 Å². The molecule has 1 aromatic carbocycles. The Morgan fingerprint density at radius 2 is 1.90 bits per heavy atom. The van der Waals surface area contributed by atoms with Crippen molar-refractivity contribution in [3.8, 4) is 0 Å². The van der Waals surface area contributed by atoms with Crippen molar-refractivity contribution in [3.05, 3.63) is 29.8 Å². The van der Waals surface area contributed by atoms with Crippen LogP contribution in [-0.4, -0.2) is 49.0 Å². The highest BCUT2D eigenvalue weighted by Gasteiger charge is 2.13. The summed E-state index contributed by atoms with van der Waals surface area (Å²) in [4.78, 5) is 14.1. The van der Waals surface area contributed by atoms with Gasteiger partial charge in [-0.1, -0.05) is 18.2 Å². The van der Waals surface area contributed by atoms with Gasteiger partial charge in [-0.2, -0.15) is 11.8 Å². The van der Waals surface area contributed by atoms with Crippen LogP contribution < -0.4 is 10.6 Å². The molecule has 21 heavy (non-hydrogen) atoms. The van der Waals surface area contributed by atoms with E-state index in [9.17, 15) is 4.79 Å². The Kier molecular flexibility index (Phi) is 10.9. The minimum absolute atomic E-state index is 0. The van der Waals surface area contributed by atoms with E-state index in [0.29, 0.717) is 6.54 Å². The maximum atomic E-state index is 11.7. The van der Waals surface area contributed by atoms with Crippen molar-refractivity contribution in [2.24, 2.45) is 0 Å². The first kappa shape index (κ1) is 20.5. The number of nitrogens with one attached hydrogen (secondary N) is 2. The second kappa shape index (κ2) is 11.2. The summed E-state index contributed by atoms with van der Waals surface area (Å²) in [5.41, 5.74) is 2.12. The fourth-order valence-electron chi connectivity index (χ4n) is 2.14. The Morgan fingerprint density at radius 1 is 1.24 bits per heavy atom. The highest BCUT2D eigenvalue weighted by Crippen LogP contribution is 2.19. The van der Waals surface area contributed by atoms with Crippen LogP contribution in [0.1, 0.15) is 5.56 Å². The maximum Gasteiger partial charge on any atom is 0.238 e. The highest BCUT2D eigenvalue weighted by atomic mass is 35.5. The molecule has 0 bridgehead atoms. The van der Waals surface area contributed by atoms with Crippen molar-refractivity contribution in [2.45, 2.75) is 6.54 Å². The van der Waals surface area contributed by atoms with Gasteiger partial charge in [0.05, 0.1) is 6.54 Å². The third kappa shape index (κ3) is 6.89. The van der Waals surface area contributed by atoms with Crippen molar-refractivity contribution in [1.82, 2.24) is 10.2 Å². The Balaban J connectivity index is 0.00000200. The average molecular weight is 352 g/mol. The number of para-hydroxylation sites is 1. The lowest BCUT2D eigenvalue weighted by Crippen LogP contribution is -2.32. The Morgan fingerprint density at radius 3 is 2.57 bits per heavy atom. The number of anilines is 1. The average Bonchev–Trinajstić information content (AvgIpc) is 2.42. The van der Waals surface area contributed by atoms with E-state index in [4.69, 9.17) is 0 Å². The molecule has 7 heteroatoms. The molecule has 1 fully saturated rings. The normalized spacial score (nSPS) is 14.7. The zero-order valence-electron chi connectivity index (χ0n) is 12.1. The number of carbonyl (C=O) groups excluding carboxylic acids is 1. The molecule has 1 aliphatic heterocycles. The van der Waals surface area contributed by atoms with Gasteiger partial charge in [0.1, 0.15) is 0 Å². The zero-order chi connectivity index (χ0) is 13.5. The summed E-state index contributed by atoms with van der Waals surface area (Å²) >= 11 is 2.01. The van der Waals surface area contributed by atoms with E-state index < -0.39 is 0 Å². The molecule has 0 aromatic heterocycles. The molecule has 0 radical (unpaired) electrons. The minimum atomic E-state index is 0. The summed E-state index contributed by atoms with van der Waals surface area (Å²) in [7, 11) is 1.77. The predicted octanol–water partition coefficient (Wildman–Crippen LogP) is 2.24. The molecule has 2 rings (SSSR count). The van der Waals surface area contributed by atoms with Gasteiger partial charge in [0, 0.05) is 36.8 Å². The van der Waals surface area contributed by atoms with Crippen LogP contribution in [0.4, 0.5) is 5.69 Å². The molecule has 120 valence electrons. The molecule has 1 saturated heterocycles. The number of likely N-dealkylation sites (N-methyl/N-ethyl adjacent to an activating group) is 1. The standard InChI is InChI=1S/C14H21N3OS.2ClH/c1-15-10-14(18)16-13-5-3-2-4-12(13)11-17-6-8-19-9-7-17;;/h2-5,15H,6-11H2,1H3,(H,16,18);2*1H. The molecule has 1 heterocycles. The molecule has 0 spiro atoms. The fraction of sp³-hybridized carbons (Fsp3) is 0.500. The Labute approximate surface area is 143 Å². The fourth-order valence-corrected chi connectivity index (χ4v) is 3.11. The molecule has 0 saturated carbocycles. The summed E-state index contributed by atoms with van der Waals surface area (Å²) in [6, 6.07) is 8.06. The van der Waals surface area contributed by atoms with E-state index in [1.54, 1.807) is 7.05 Å². The van der Waals surface area contributed by atoms with Crippen molar-refractivity contribution in [1.29, 1.82) is 0 Å². The molecular weight excluding hydrogens is 329 g/mol. The number of rotatable bonds is 5. The molecule has 0 unspecified atom stereocenters. The van der Waals surface area contributed by atoms with Crippen molar-refractivity contribution >= 4 is 48.2 Å². The third-order valence-corrected chi connectivity index (χ3v) is 4.07. The Hall–Kier alpha value is -0.460. The monoisotopic (exact) mass is 351 g/mol. The number of thioether (sulfide) groups is 1. The minimum Gasteiger partial charge on any atom is -0.325 e. The van der Waals surface area contributed by atoms with Crippen molar-refractivity contribution < 1.29 is 4.79 Å². The van der Waals surface area contributed by atoms with Gasteiger partial charge in [0.25, 0.3) is 0 Å². The van der Waals surface area contributed by atoms with Crippen LogP contribution in [0.5, 0.6) is 0 Å². The number of hydrogen-bond donors (Lipinski definition) is 2. The lowest BCUT2D eigenvalue weighted by atomic mass is 10.1. The number of nitrogens with zero attached hydrogens (tertiary/aromatic N) is 1. The summed E-state index contributed by atoms with van der Waals surface area (Å²) in [5, 5.41) is 5.83. The molecule has 0 atom stereocenters. The quantitative estimate of drug-likeness (QED) is 0.853. The largest absolute Gasteiger partial charge is 0.325 e. The SMILES string of the molecule is CNCC(=O)Nc1ccccc1CN1CCSCC1.Cl.Cl. The van der Waals surface area contributed by atoms with Gasteiger partial charge in [-0.05, 0) is 18.7 Å². The Bertz CT molecular complexity index is 428. The van der Waals surface area contributed by atoms with Gasteiger partial charge < -0.3 is 10.6 Å². The second-order valence-electron chi connectivity index (χ2n) is 4.62. The molecule has 2 N–H and O–H groups in total. The van der Waals surface area contributed by atoms with E-state index >= 15 is 0 Å². The van der Waals surface area contributed by atoms with Crippen LogP contribution >= 0.6 is 36.6 Å². The third-order valence-electron chi connectivity index (χ3n) is 3.13. The van der Waals surface area contributed by atoms with E-state index in [0.717, 1.165) is 25.3 Å². The van der Waals surface area contributed by atoms with E-state index in [-0.39, 0.29) is 30.7 Å². The summed E-state index contributed by atoms with van der Waals surface area (Å²) in [6.45, 7) is 3.51. The zero-order valence-corrected chi connectivity index (χ0v) is 14.6. The second-order valence-corrected chi connectivity index (χ2v) is 5.85. The first-order valence-electron chi connectivity index (χ1n) is 6.62.